The lowest BCUT2D eigenvalue weighted by Crippen LogP contribution is -2.32. The molecule has 0 bridgehead atoms. The van der Waals surface area contributed by atoms with E-state index in [1.54, 1.807) is 0 Å². The zero-order valence-corrected chi connectivity index (χ0v) is 9.38. The first kappa shape index (κ1) is 11.3. The molecule has 0 amide bonds. The van der Waals surface area contributed by atoms with E-state index in [0.717, 1.165) is 5.92 Å². The molecule has 0 fully saturated rings. The second kappa shape index (κ2) is 4.36. The van der Waals surface area contributed by atoms with Gasteiger partial charge in [0.25, 0.3) is 0 Å². The van der Waals surface area contributed by atoms with Gasteiger partial charge >= 0.3 is 0 Å². The minimum absolute atomic E-state index is 0.230. The third-order valence-electron chi connectivity index (χ3n) is 1.49. The number of hydrogen-bond donors (Lipinski definition) is 1. The van der Waals surface area contributed by atoms with E-state index in [2.05, 4.69) is 46.3 Å². The van der Waals surface area contributed by atoms with E-state index in [0.29, 0.717) is 5.25 Å². The number of hydrogen-bond acceptors (Lipinski definition) is 2. The molecule has 0 aromatic rings. The van der Waals surface area contributed by atoms with Crippen LogP contribution >= 0.6 is 11.9 Å². The van der Waals surface area contributed by atoms with E-state index in [1.807, 2.05) is 11.9 Å². The molecule has 0 aliphatic heterocycles. The molecule has 0 radical (unpaired) electrons. The lowest BCUT2D eigenvalue weighted by Gasteiger charge is -2.24. The van der Waals surface area contributed by atoms with Crippen LogP contribution in [0, 0.1) is 5.92 Å². The zero-order valence-electron chi connectivity index (χ0n) is 8.56. The Balaban J connectivity index is 3.54. The van der Waals surface area contributed by atoms with Crippen molar-refractivity contribution in [3.8, 4) is 0 Å². The molecule has 0 saturated carbocycles. The van der Waals surface area contributed by atoms with Gasteiger partial charge in [-0.2, -0.15) is 0 Å². The molecule has 1 atom stereocenters. The smallest absolute Gasteiger partial charge is 0.0198 e. The first-order valence-corrected chi connectivity index (χ1v) is 5.13. The van der Waals surface area contributed by atoms with E-state index < -0.39 is 0 Å². The summed E-state index contributed by atoms with van der Waals surface area (Å²) in [6.07, 6.45) is 0. The van der Waals surface area contributed by atoms with Gasteiger partial charge in [0, 0.05) is 10.8 Å². The Morgan fingerprint density at radius 1 is 1.09 bits per heavy atom. The van der Waals surface area contributed by atoms with Crippen LogP contribution in [0.3, 0.4) is 0 Å². The van der Waals surface area contributed by atoms with E-state index in [1.165, 1.54) is 0 Å². The molecule has 68 valence electrons. The second-order valence-corrected chi connectivity index (χ2v) is 5.60. The quantitative estimate of drug-likeness (QED) is 0.662. The highest BCUT2D eigenvalue weighted by Crippen LogP contribution is 2.18. The van der Waals surface area contributed by atoms with Crippen LogP contribution < -0.4 is 4.72 Å². The summed E-state index contributed by atoms with van der Waals surface area (Å²) in [6, 6.07) is 0. The largest absolute Gasteiger partial charge is 0.259 e. The molecule has 1 unspecified atom stereocenters. The SMILES string of the molecule is CC(C)C(C)SNC(C)(C)C. The van der Waals surface area contributed by atoms with Crippen molar-refractivity contribution in [2.75, 3.05) is 0 Å². The van der Waals surface area contributed by atoms with Crippen LogP contribution in [0.1, 0.15) is 41.5 Å². The molecule has 1 N–H and O–H groups in total. The fraction of sp³-hybridized carbons (Fsp3) is 1.00. The fourth-order valence-electron chi connectivity index (χ4n) is 0.406. The molecule has 0 heterocycles. The summed E-state index contributed by atoms with van der Waals surface area (Å²) >= 11 is 1.84. The molecule has 2 heteroatoms. The van der Waals surface area contributed by atoms with Gasteiger partial charge in [-0.05, 0) is 26.7 Å². The van der Waals surface area contributed by atoms with Crippen molar-refractivity contribution in [3.05, 3.63) is 0 Å². The summed E-state index contributed by atoms with van der Waals surface area (Å²) in [5, 5.41) is 0.689. The Hall–Kier alpha value is 0.310. The maximum absolute atomic E-state index is 3.42. The molecule has 1 nitrogen and oxygen atoms in total. The average Bonchev–Trinajstić information content (AvgIpc) is 1.80. The Labute approximate surface area is 75.5 Å². The minimum atomic E-state index is 0.230. The van der Waals surface area contributed by atoms with Crippen LogP contribution in [-0.2, 0) is 0 Å². The van der Waals surface area contributed by atoms with Crippen molar-refractivity contribution in [3.63, 3.8) is 0 Å². The number of nitrogens with one attached hydrogen (secondary N) is 1. The van der Waals surface area contributed by atoms with E-state index in [9.17, 15) is 0 Å². The molecular formula is C9H21NS. The van der Waals surface area contributed by atoms with Crippen LogP contribution in [0.25, 0.3) is 0 Å². The maximum atomic E-state index is 3.42. The predicted octanol–water partition coefficient (Wildman–Crippen LogP) is 3.07. The van der Waals surface area contributed by atoms with Crippen molar-refractivity contribution in [1.82, 2.24) is 4.72 Å². The molecule has 0 rings (SSSR count). The lowest BCUT2D eigenvalue weighted by molar-refractivity contribution is 0.529. The van der Waals surface area contributed by atoms with E-state index >= 15 is 0 Å². The standard InChI is InChI=1S/C9H21NS/c1-7(2)8(3)11-10-9(4,5)6/h7-8,10H,1-6H3. The minimum Gasteiger partial charge on any atom is -0.259 e. The van der Waals surface area contributed by atoms with Gasteiger partial charge in [0.15, 0.2) is 0 Å². The Bertz CT molecular complexity index is 105. The van der Waals surface area contributed by atoms with Crippen LogP contribution in [0.5, 0.6) is 0 Å². The fourth-order valence-corrected chi connectivity index (χ4v) is 1.22. The van der Waals surface area contributed by atoms with Gasteiger partial charge in [0.1, 0.15) is 0 Å². The molecule has 0 aliphatic carbocycles. The van der Waals surface area contributed by atoms with Gasteiger partial charge in [0.2, 0.25) is 0 Å². The summed E-state index contributed by atoms with van der Waals surface area (Å²) in [7, 11) is 0. The molecule has 0 aromatic heterocycles. The van der Waals surface area contributed by atoms with Crippen molar-refractivity contribution in [2.24, 2.45) is 5.92 Å². The highest BCUT2D eigenvalue weighted by molar-refractivity contribution is 7.98. The highest BCUT2D eigenvalue weighted by atomic mass is 32.2. The second-order valence-electron chi connectivity index (χ2n) is 4.42. The van der Waals surface area contributed by atoms with Crippen molar-refractivity contribution in [1.29, 1.82) is 0 Å². The molecule has 0 aromatic carbocycles. The summed E-state index contributed by atoms with van der Waals surface area (Å²) in [6.45, 7) is 13.3. The first-order valence-electron chi connectivity index (χ1n) is 4.26. The maximum Gasteiger partial charge on any atom is 0.0198 e. The van der Waals surface area contributed by atoms with E-state index in [4.69, 9.17) is 0 Å². The molecular weight excluding hydrogens is 154 g/mol. The third kappa shape index (κ3) is 6.70. The Kier molecular flexibility index (Phi) is 4.49. The van der Waals surface area contributed by atoms with Crippen LogP contribution in [0.15, 0.2) is 0 Å². The van der Waals surface area contributed by atoms with Crippen LogP contribution in [-0.4, -0.2) is 10.8 Å². The van der Waals surface area contributed by atoms with Crippen LogP contribution in [0.2, 0.25) is 0 Å². The first-order chi connectivity index (χ1) is 4.83. The van der Waals surface area contributed by atoms with Gasteiger partial charge in [-0.15, -0.1) is 0 Å². The van der Waals surface area contributed by atoms with Gasteiger partial charge in [-0.25, -0.2) is 0 Å². The van der Waals surface area contributed by atoms with Gasteiger partial charge in [-0.1, -0.05) is 32.7 Å². The average molecular weight is 175 g/mol. The Morgan fingerprint density at radius 2 is 1.55 bits per heavy atom. The predicted molar refractivity (Wildman–Crippen MR) is 54.8 cm³/mol. The summed E-state index contributed by atoms with van der Waals surface area (Å²) in [5.41, 5.74) is 0.230. The normalized spacial score (nSPS) is 15.5. The summed E-state index contributed by atoms with van der Waals surface area (Å²) in [4.78, 5) is 0. The van der Waals surface area contributed by atoms with Crippen LogP contribution in [0.4, 0.5) is 0 Å². The molecule has 0 spiro atoms. The third-order valence-corrected chi connectivity index (χ3v) is 3.14. The van der Waals surface area contributed by atoms with Crippen molar-refractivity contribution in [2.45, 2.75) is 52.3 Å². The zero-order chi connectivity index (χ0) is 9.07. The van der Waals surface area contributed by atoms with Gasteiger partial charge < -0.3 is 0 Å². The van der Waals surface area contributed by atoms with E-state index in [-0.39, 0.29) is 5.54 Å². The lowest BCUT2D eigenvalue weighted by atomic mass is 10.1. The number of rotatable bonds is 3. The topological polar surface area (TPSA) is 12.0 Å². The molecule has 11 heavy (non-hydrogen) atoms. The van der Waals surface area contributed by atoms with Gasteiger partial charge in [0.05, 0.1) is 0 Å². The summed E-state index contributed by atoms with van der Waals surface area (Å²) in [5.74, 6) is 0.745. The van der Waals surface area contributed by atoms with Gasteiger partial charge in [-0.3, -0.25) is 4.72 Å². The monoisotopic (exact) mass is 175 g/mol. The molecule has 0 saturated heterocycles. The molecule has 0 aliphatic rings. The van der Waals surface area contributed by atoms with Crippen molar-refractivity contribution >= 4 is 11.9 Å². The highest BCUT2D eigenvalue weighted by Gasteiger charge is 2.13. The Morgan fingerprint density at radius 3 is 1.82 bits per heavy atom. The summed E-state index contributed by atoms with van der Waals surface area (Å²) < 4.78 is 3.42. The van der Waals surface area contributed by atoms with Crippen molar-refractivity contribution < 1.29 is 0 Å².